The summed E-state index contributed by atoms with van der Waals surface area (Å²) in [5.41, 5.74) is 2.41. The molecule has 3 aromatic rings. The Morgan fingerprint density at radius 1 is 1.47 bits per heavy atom. The van der Waals surface area contributed by atoms with Crippen LogP contribution in [-0.2, 0) is 13.6 Å². The third kappa shape index (κ3) is 1.91. The van der Waals surface area contributed by atoms with Crippen molar-refractivity contribution in [2.45, 2.75) is 13.5 Å². The van der Waals surface area contributed by atoms with E-state index in [0.29, 0.717) is 22.7 Å². The summed E-state index contributed by atoms with van der Waals surface area (Å²) >= 11 is 5.05. The number of aryl methyl sites for hydroxylation is 1. The Bertz CT molecular complexity index is 868. The molecule has 0 unspecified atom stereocenters. The van der Waals surface area contributed by atoms with Crippen LogP contribution in [0.3, 0.4) is 0 Å². The Balaban J connectivity index is 2.17. The Labute approximate surface area is 113 Å². The summed E-state index contributed by atoms with van der Waals surface area (Å²) in [5.74, 6) is 0.283. The highest BCUT2D eigenvalue weighted by atomic mass is 32.1. The standard InChI is InChI=1S/C12H12N4O2S/c1-7-3-4-9-8(5-7)16(12(17)18-9)6-10-13-14-11(19)15(10)2/h3-5H,6H2,1-2H3,(H,14,19). The zero-order valence-electron chi connectivity index (χ0n) is 10.5. The van der Waals surface area contributed by atoms with E-state index in [1.54, 1.807) is 22.2 Å². The summed E-state index contributed by atoms with van der Waals surface area (Å²) in [6, 6.07) is 5.62. The molecular weight excluding hydrogens is 264 g/mol. The molecule has 1 N–H and O–H groups in total. The van der Waals surface area contributed by atoms with Crippen molar-refractivity contribution in [1.82, 2.24) is 19.3 Å². The van der Waals surface area contributed by atoms with Crippen LogP contribution in [0, 0.1) is 11.7 Å². The van der Waals surface area contributed by atoms with Crippen LogP contribution in [-0.4, -0.2) is 19.3 Å². The first-order chi connectivity index (χ1) is 9.06. The second-order valence-electron chi connectivity index (χ2n) is 4.43. The molecule has 0 amide bonds. The SMILES string of the molecule is Cc1ccc2oc(=O)n(Cc3n[nH]c(=S)n3C)c2c1. The summed E-state index contributed by atoms with van der Waals surface area (Å²) in [6.45, 7) is 2.29. The van der Waals surface area contributed by atoms with E-state index < -0.39 is 5.76 Å². The fraction of sp³-hybridized carbons (Fsp3) is 0.250. The first-order valence-corrected chi connectivity index (χ1v) is 6.17. The summed E-state index contributed by atoms with van der Waals surface area (Å²) < 4.78 is 9.01. The molecule has 0 aliphatic carbocycles. The van der Waals surface area contributed by atoms with Crippen molar-refractivity contribution in [3.63, 3.8) is 0 Å². The topological polar surface area (TPSA) is 68.8 Å². The Hall–Kier alpha value is -2.15. The van der Waals surface area contributed by atoms with Crippen molar-refractivity contribution >= 4 is 23.3 Å². The van der Waals surface area contributed by atoms with Gasteiger partial charge in [-0.3, -0.25) is 9.67 Å². The summed E-state index contributed by atoms with van der Waals surface area (Å²) in [5, 5.41) is 6.80. The molecule has 0 spiro atoms. The van der Waals surface area contributed by atoms with E-state index in [0.717, 1.165) is 11.1 Å². The van der Waals surface area contributed by atoms with Crippen LogP contribution in [0.2, 0.25) is 0 Å². The molecule has 0 radical (unpaired) electrons. The van der Waals surface area contributed by atoms with Gasteiger partial charge in [0, 0.05) is 7.05 Å². The van der Waals surface area contributed by atoms with Gasteiger partial charge >= 0.3 is 5.76 Å². The second kappa shape index (κ2) is 4.20. The van der Waals surface area contributed by atoms with Crippen molar-refractivity contribution in [3.05, 3.63) is 44.9 Å². The number of aromatic nitrogens is 4. The number of nitrogens with one attached hydrogen (secondary N) is 1. The minimum Gasteiger partial charge on any atom is -0.408 e. The lowest BCUT2D eigenvalue weighted by atomic mass is 10.2. The van der Waals surface area contributed by atoms with E-state index in [9.17, 15) is 4.79 Å². The number of benzene rings is 1. The number of H-pyrrole nitrogens is 1. The molecule has 0 saturated heterocycles. The second-order valence-corrected chi connectivity index (χ2v) is 4.82. The summed E-state index contributed by atoms with van der Waals surface area (Å²) in [7, 11) is 1.81. The molecular formula is C12H12N4O2S. The first kappa shape index (κ1) is 11.9. The number of hydrogen-bond acceptors (Lipinski definition) is 4. The molecule has 3 rings (SSSR count). The molecule has 2 heterocycles. The highest BCUT2D eigenvalue weighted by Crippen LogP contribution is 2.15. The summed E-state index contributed by atoms with van der Waals surface area (Å²) in [4.78, 5) is 11.9. The molecule has 0 fully saturated rings. The minimum absolute atomic E-state index is 0.318. The van der Waals surface area contributed by atoms with Gasteiger partial charge in [0.25, 0.3) is 0 Å². The molecule has 2 aromatic heterocycles. The van der Waals surface area contributed by atoms with Crippen molar-refractivity contribution in [1.29, 1.82) is 0 Å². The average molecular weight is 276 g/mol. The number of hydrogen-bond donors (Lipinski definition) is 1. The first-order valence-electron chi connectivity index (χ1n) is 5.76. The molecule has 0 bridgehead atoms. The lowest BCUT2D eigenvalue weighted by Gasteiger charge is -2.02. The predicted molar refractivity (Wildman–Crippen MR) is 72.7 cm³/mol. The third-order valence-electron chi connectivity index (χ3n) is 3.09. The minimum atomic E-state index is -0.394. The lowest BCUT2D eigenvalue weighted by Crippen LogP contribution is -2.17. The van der Waals surface area contributed by atoms with Crippen LogP contribution in [0.15, 0.2) is 27.4 Å². The molecule has 19 heavy (non-hydrogen) atoms. The number of rotatable bonds is 2. The van der Waals surface area contributed by atoms with Crippen molar-refractivity contribution in [2.75, 3.05) is 0 Å². The van der Waals surface area contributed by atoms with Crippen LogP contribution in [0.4, 0.5) is 0 Å². The van der Waals surface area contributed by atoms with E-state index in [2.05, 4.69) is 10.2 Å². The fourth-order valence-electron chi connectivity index (χ4n) is 1.98. The van der Waals surface area contributed by atoms with Crippen molar-refractivity contribution < 1.29 is 4.42 Å². The van der Waals surface area contributed by atoms with Gasteiger partial charge in [0.05, 0.1) is 12.1 Å². The van der Waals surface area contributed by atoms with Gasteiger partial charge in [-0.2, -0.15) is 5.10 Å². The maximum atomic E-state index is 11.9. The van der Waals surface area contributed by atoms with Gasteiger partial charge in [-0.15, -0.1) is 0 Å². The zero-order valence-corrected chi connectivity index (χ0v) is 11.3. The van der Waals surface area contributed by atoms with Crippen molar-refractivity contribution in [3.8, 4) is 0 Å². The van der Waals surface area contributed by atoms with Crippen LogP contribution >= 0.6 is 12.2 Å². The van der Waals surface area contributed by atoms with E-state index in [-0.39, 0.29) is 0 Å². The van der Waals surface area contributed by atoms with Crippen LogP contribution in [0.1, 0.15) is 11.4 Å². The van der Waals surface area contributed by atoms with Gasteiger partial charge in [-0.1, -0.05) is 6.07 Å². The highest BCUT2D eigenvalue weighted by Gasteiger charge is 2.12. The number of aromatic amines is 1. The quantitative estimate of drug-likeness (QED) is 0.724. The average Bonchev–Trinajstić information content (AvgIpc) is 2.85. The Morgan fingerprint density at radius 3 is 2.95 bits per heavy atom. The Kier molecular flexibility index (Phi) is 2.63. The lowest BCUT2D eigenvalue weighted by molar-refractivity contribution is 0.511. The van der Waals surface area contributed by atoms with E-state index in [4.69, 9.17) is 16.6 Å². The monoisotopic (exact) mass is 276 g/mol. The van der Waals surface area contributed by atoms with Crippen molar-refractivity contribution in [2.24, 2.45) is 7.05 Å². The molecule has 98 valence electrons. The number of oxazole rings is 1. The predicted octanol–water partition coefficient (Wildman–Crippen LogP) is 1.74. The van der Waals surface area contributed by atoms with Crippen LogP contribution < -0.4 is 5.76 Å². The van der Waals surface area contributed by atoms with E-state index in [1.165, 1.54) is 0 Å². The maximum absolute atomic E-state index is 11.9. The molecule has 7 heteroatoms. The zero-order chi connectivity index (χ0) is 13.6. The smallest absolute Gasteiger partial charge is 0.408 e. The van der Waals surface area contributed by atoms with Crippen LogP contribution in [0.5, 0.6) is 0 Å². The van der Waals surface area contributed by atoms with Gasteiger partial charge in [0.15, 0.2) is 16.2 Å². The van der Waals surface area contributed by atoms with Crippen LogP contribution in [0.25, 0.3) is 11.1 Å². The van der Waals surface area contributed by atoms with Gasteiger partial charge in [-0.25, -0.2) is 4.79 Å². The normalized spacial score (nSPS) is 11.3. The molecule has 0 aliphatic rings. The largest absolute Gasteiger partial charge is 0.420 e. The van der Waals surface area contributed by atoms with E-state index in [1.807, 2.05) is 19.1 Å². The Morgan fingerprint density at radius 2 is 2.26 bits per heavy atom. The third-order valence-corrected chi connectivity index (χ3v) is 3.46. The molecule has 0 atom stereocenters. The number of nitrogens with zero attached hydrogens (tertiary/aromatic N) is 3. The van der Waals surface area contributed by atoms with Gasteiger partial charge in [0.1, 0.15) is 0 Å². The molecule has 1 aromatic carbocycles. The molecule has 0 saturated carbocycles. The van der Waals surface area contributed by atoms with Gasteiger partial charge in [0.2, 0.25) is 0 Å². The maximum Gasteiger partial charge on any atom is 0.420 e. The summed E-state index contributed by atoms with van der Waals surface area (Å²) in [6.07, 6.45) is 0. The molecule has 0 aliphatic heterocycles. The van der Waals surface area contributed by atoms with Gasteiger partial charge in [-0.05, 0) is 36.8 Å². The van der Waals surface area contributed by atoms with Gasteiger partial charge < -0.3 is 8.98 Å². The molecule has 6 nitrogen and oxygen atoms in total. The highest BCUT2D eigenvalue weighted by molar-refractivity contribution is 7.71. The van der Waals surface area contributed by atoms with E-state index >= 15 is 0 Å². The number of fused-ring (bicyclic) bond motifs is 1. The fourth-order valence-corrected chi connectivity index (χ4v) is 2.14.